The molecule has 0 saturated carbocycles. The van der Waals surface area contributed by atoms with Crippen molar-refractivity contribution in [2.45, 2.75) is 38.2 Å². The summed E-state index contributed by atoms with van der Waals surface area (Å²) in [5.41, 5.74) is 1.66. The number of nitrogens with zero attached hydrogens (tertiary/aromatic N) is 2. The van der Waals surface area contributed by atoms with Crippen LogP contribution in [0.25, 0.3) is 0 Å². The summed E-state index contributed by atoms with van der Waals surface area (Å²) in [7, 11) is 0. The number of rotatable bonds is 6. The van der Waals surface area contributed by atoms with Crippen LogP contribution in [0.2, 0.25) is 0 Å². The molecular formula is C12H16N2O4S. The summed E-state index contributed by atoms with van der Waals surface area (Å²) in [5, 5.41) is 19.4. The van der Waals surface area contributed by atoms with Gasteiger partial charge in [0.1, 0.15) is 5.25 Å². The average molecular weight is 284 g/mol. The summed E-state index contributed by atoms with van der Waals surface area (Å²) in [5.74, 6) is -0.510. The van der Waals surface area contributed by atoms with Gasteiger partial charge in [-0.2, -0.15) is 0 Å². The van der Waals surface area contributed by atoms with Gasteiger partial charge in [0, 0.05) is 23.1 Å². The van der Waals surface area contributed by atoms with E-state index in [1.54, 1.807) is 20.8 Å². The van der Waals surface area contributed by atoms with E-state index in [2.05, 4.69) is 4.98 Å². The Morgan fingerprint density at radius 1 is 1.58 bits per heavy atom. The van der Waals surface area contributed by atoms with Crippen LogP contribution >= 0.6 is 11.8 Å². The van der Waals surface area contributed by atoms with Gasteiger partial charge in [0.05, 0.1) is 10.6 Å². The molecule has 0 aliphatic carbocycles. The monoisotopic (exact) mass is 284 g/mol. The fraction of sp³-hybridized carbons (Fsp3) is 0.500. The molecule has 0 amide bonds. The molecule has 1 unspecified atom stereocenters. The van der Waals surface area contributed by atoms with E-state index >= 15 is 0 Å². The van der Waals surface area contributed by atoms with Gasteiger partial charge in [0.25, 0.3) is 5.69 Å². The van der Waals surface area contributed by atoms with Crippen molar-refractivity contribution in [3.63, 3.8) is 0 Å². The largest absolute Gasteiger partial charge is 0.480 e. The predicted molar refractivity (Wildman–Crippen MR) is 73.4 cm³/mol. The Morgan fingerprint density at radius 2 is 2.21 bits per heavy atom. The second kappa shape index (κ2) is 6.51. The summed E-state index contributed by atoms with van der Waals surface area (Å²) in [4.78, 5) is 25.6. The van der Waals surface area contributed by atoms with Crippen molar-refractivity contribution in [1.29, 1.82) is 0 Å². The molecule has 0 aromatic carbocycles. The second-order valence-electron chi connectivity index (χ2n) is 4.16. The molecule has 7 heteroatoms. The van der Waals surface area contributed by atoms with Crippen LogP contribution in [-0.2, 0) is 10.5 Å². The normalized spacial score (nSPS) is 12.2. The van der Waals surface area contributed by atoms with E-state index in [-0.39, 0.29) is 5.69 Å². The molecule has 0 saturated heterocycles. The van der Waals surface area contributed by atoms with Crippen molar-refractivity contribution < 1.29 is 14.8 Å². The second-order valence-corrected chi connectivity index (χ2v) is 5.36. The van der Waals surface area contributed by atoms with E-state index in [0.29, 0.717) is 29.0 Å². The topological polar surface area (TPSA) is 93.3 Å². The van der Waals surface area contributed by atoms with Gasteiger partial charge in [0.15, 0.2) is 0 Å². The standard InChI is InChI=1S/C12H16N2O4S/c1-4-10(12(15)16)19-6-9-8(3)11(14(17)18)7(2)5-13-9/h5,10H,4,6H2,1-3H3,(H,15,16). The highest BCUT2D eigenvalue weighted by atomic mass is 32.2. The summed E-state index contributed by atoms with van der Waals surface area (Å²) in [6.07, 6.45) is 1.97. The Kier molecular flexibility index (Phi) is 5.29. The number of thioether (sulfide) groups is 1. The molecular weight excluding hydrogens is 268 g/mol. The average Bonchev–Trinajstić information content (AvgIpc) is 2.31. The number of pyridine rings is 1. The van der Waals surface area contributed by atoms with Crippen LogP contribution in [0.4, 0.5) is 5.69 Å². The minimum atomic E-state index is -0.869. The first-order valence-corrected chi connectivity index (χ1v) is 6.87. The molecule has 1 atom stereocenters. The van der Waals surface area contributed by atoms with Gasteiger partial charge in [-0.1, -0.05) is 6.92 Å². The summed E-state index contributed by atoms with van der Waals surface area (Å²) in [6.45, 7) is 5.08. The highest BCUT2D eigenvalue weighted by Crippen LogP contribution is 2.28. The summed E-state index contributed by atoms with van der Waals surface area (Å²) >= 11 is 1.24. The molecule has 1 aromatic heterocycles. The van der Waals surface area contributed by atoms with E-state index in [4.69, 9.17) is 5.11 Å². The van der Waals surface area contributed by atoms with Crippen molar-refractivity contribution in [2.75, 3.05) is 0 Å². The van der Waals surface area contributed by atoms with Crippen LogP contribution in [-0.4, -0.2) is 26.2 Å². The molecule has 1 rings (SSSR count). The van der Waals surface area contributed by atoms with Crippen LogP contribution in [0.5, 0.6) is 0 Å². The summed E-state index contributed by atoms with van der Waals surface area (Å²) in [6, 6.07) is 0. The maximum absolute atomic E-state index is 11.0. The minimum Gasteiger partial charge on any atom is -0.480 e. The van der Waals surface area contributed by atoms with E-state index in [1.165, 1.54) is 18.0 Å². The van der Waals surface area contributed by atoms with E-state index in [0.717, 1.165) is 0 Å². The zero-order chi connectivity index (χ0) is 14.6. The quantitative estimate of drug-likeness (QED) is 0.637. The zero-order valence-electron chi connectivity index (χ0n) is 11.0. The zero-order valence-corrected chi connectivity index (χ0v) is 11.9. The molecule has 0 fully saturated rings. The lowest BCUT2D eigenvalue weighted by atomic mass is 10.1. The SMILES string of the molecule is CCC(SCc1ncc(C)c([N+](=O)[O-])c1C)C(=O)O. The number of hydrogen-bond donors (Lipinski definition) is 1. The maximum Gasteiger partial charge on any atom is 0.316 e. The number of carboxylic acid groups (broad SMARTS) is 1. The van der Waals surface area contributed by atoms with Gasteiger partial charge in [-0.15, -0.1) is 11.8 Å². The highest BCUT2D eigenvalue weighted by Gasteiger charge is 2.21. The molecule has 0 bridgehead atoms. The maximum atomic E-state index is 11.0. The van der Waals surface area contributed by atoms with Gasteiger partial charge in [-0.3, -0.25) is 19.9 Å². The van der Waals surface area contributed by atoms with Crippen molar-refractivity contribution >= 4 is 23.4 Å². The Bertz CT molecular complexity index is 505. The number of nitro groups is 1. The molecule has 0 aliphatic rings. The highest BCUT2D eigenvalue weighted by molar-refractivity contribution is 7.99. The Morgan fingerprint density at radius 3 is 2.68 bits per heavy atom. The summed E-state index contributed by atoms with van der Waals surface area (Å²) < 4.78 is 0. The first-order valence-electron chi connectivity index (χ1n) is 5.82. The molecule has 1 heterocycles. The molecule has 104 valence electrons. The van der Waals surface area contributed by atoms with Crippen LogP contribution in [0.3, 0.4) is 0 Å². The Hall–Kier alpha value is -1.63. The lowest BCUT2D eigenvalue weighted by Gasteiger charge is -2.11. The lowest BCUT2D eigenvalue weighted by molar-refractivity contribution is -0.386. The Balaban J connectivity index is 2.94. The van der Waals surface area contributed by atoms with Crippen LogP contribution < -0.4 is 0 Å². The lowest BCUT2D eigenvalue weighted by Crippen LogP contribution is -2.15. The number of aliphatic carboxylic acids is 1. The first-order chi connectivity index (χ1) is 8.88. The number of aromatic nitrogens is 1. The molecule has 19 heavy (non-hydrogen) atoms. The minimum absolute atomic E-state index is 0.0639. The number of aryl methyl sites for hydroxylation is 1. The van der Waals surface area contributed by atoms with Crippen molar-refractivity contribution in [1.82, 2.24) is 4.98 Å². The van der Waals surface area contributed by atoms with Crippen molar-refractivity contribution in [3.05, 3.63) is 33.1 Å². The first kappa shape index (κ1) is 15.4. The number of carboxylic acids is 1. The third-order valence-electron chi connectivity index (χ3n) is 2.83. The Labute approximate surface area is 115 Å². The molecule has 0 aliphatic heterocycles. The fourth-order valence-electron chi connectivity index (χ4n) is 1.73. The third-order valence-corrected chi connectivity index (χ3v) is 4.20. The fourth-order valence-corrected chi connectivity index (χ4v) is 2.76. The smallest absolute Gasteiger partial charge is 0.316 e. The van der Waals surface area contributed by atoms with Gasteiger partial charge in [-0.25, -0.2) is 0 Å². The third kappa shape index (κ3) is 3.66. The molecule has 0 spiro atoms. The molecule has 1 aromatic rings. The van der Waals surface area contributed by atoms with E-state index in [1.807, 2.05) is 0 Å². The van der Waals surface area contributed by atoms with Gasteiger partial charge in [-0.05, 0) is 20.3 Å². The molecule has 6 nitrogen and oxygen atoms in total. The van der Waals surface area contributed by atoms with Crippen LogP contribution in [0.1, 0.15) is 30.2 Å². The molecule has 0 radical (unpaired) electrons. The van der Waals surface area contributed by atoms with Crippen molar-refractivity contribution in [2.24, 2.45) is 0 Å². The van der Waals surface area contributed by atoms with Crippen LogP contribution in [0.15, 0.2) is 6.20 Å². The molecule has 1 N–H and O–H groups in total. The number of hydrogen-bond acceptors (Lipinski definition) is 5. The van der Waals surface area contributed by atoms with Gasteiger partial charge in [0.2, 0.25) is 0 Å². The van der Waals surface area contributed by atoms with Crippen LogP contribution in [0, 0.1) is 24.0 Å². The van der Waals surface area contributed by atoms with E-state index < -0.39 is 16.1 Å². The predicted octanol–water partition coefficient (Wildman–Crippen LogP) is 2.70. The number of carbonyl (C=O) groups is 1. The van der Waals surface area contributed by atoms with Gasteiger partial charge >= 0.3 is 5.97 Å². The van der Waals surface area contributed by atoms with E-state index in [9.17, 15) is 14.9 Å². The van der Waals surface area contributed by atoms with Crippen molar-refractivity contribution in [3.8, 4) is 0 Å². The van der Waals surface area contributed by atoms with Gasteiger partial charge < -0.3 is 5.11 Å².